The molecule has 14 heteroatoms. The summed E-state index contributed by atoms with van der Waals surface area (Å²) in [6, 6.07) is 8.17. The van der Waals surface area contributed by atoms with Crippen molar-refractivity contribution in [3.63, 3.8) is 0 Å². The van der Waals surface area contributed by atoms with E-state index in [2.05, 4.69) is 51.2 Å². The monoisotopic (exact) mass is 697 g/mol. The highest BCUT2D eigenvalue weighted by Gasteiger charge is 2.25. The molecule has 1 aromatic carbocycles. The smallest absolute Gasteiger partial charge is 0.407 e. The normalized spacial score (nSPS) is 14.6. The molecule has 0 radical (unpaired) electrons. The van der Waals surface area contributed by atoms with Crippen LogP contribution >= 0.6 is 22.7 Å². The second kappa shape index (κ2) is 19.2. The Labute approximate surface area is 290 Å². The van der Waals surface area contributed by atoms with Crippen LogP contribution in [-0.4, -0.2) is 96.3 Å². The average molecular weight is 698 g/mol. The summed E-state index contributed by atoms with van der Waals surface area (Å²) in [7, 11) is 1.70. The van der Waals surface area contributed by atoms with Gasteiger partial charge in [0.1, 0.15) is 12.6 Å². The molecule has 0 saturated carbocycles. The summed E-state index contributed by atoms with van der Waals surface area (Å²) in [4.78, 5) is 52.7. The molecule has 3 heterocycles. The van der Waals surface area contributed by atoms with Crippen LogP contribution in [-0.2, 0) is 27.4 Å². The second-order valence-electron chi connectivity index (χ2n) is 12.0. The van der Waals surface area contributed by atoms with Gasteiger partial charge in [-0.2, -0.15) is 0 Å². The van der Waals surface area contributed by atoms with Crippen LogP contribution in [0.15, 0.2) is 54.0 Å². The van der Waals surface area contributed by atoms with Crippen molar-refractivity contribution in [2.45, 2.75) is 64.3 Å². The van der Waals surface area contributed by atoms with E-state index in [-0.39, 0.29) is 18.5 Å². The van der Waals surface area contributed by atoms with E-state index in [9.17, 15) is 14.4 Å². The summed E-state index contributed by atoms with van der Waals surface area (Å²) in [5.74, 6) is 0.0673. The molecular formula is C34H47N7O5S2. The Morgan fingerprint density at radius 1 is 1.08 bits per heavy atom. The van der Waals surface area contributed by atoms with E-state index in [1.165, 1.54) is 11.3 Å². The van der Waals surface area contributed by atoms with Crippen molar-refractivity contribution in [1.82, 2.24) is 35.7 Å². The largest absolute Gasteiger partial charge is 0.444 e. The number of urea groups is 1. The Morgan fingerprint density at radius 3 is 2.54 bits per heavy atom. The quantitative estimate of drug-likeness (QED) is 0.170. The number of morpholine rings is 1. The van der Waals surface area contributed by atoms with Gasteiger partial charge < -0.3 is 30.3 Å². The number of benzene rings is 1. The van der Waals surface area contributed by atoms with Gasteiger partial charge in [0.25, 0.3) is 0 Å². The Morgan fingerprint density at radius 2 is 1.85 bits per heavy atom. The van der Waals surface area contributed by atoms with Crippen LogP contribution in [0.1, 0.15) is 60.2 Å². The summed E-state index contributed by atoms with van der Waals surface area (Å²) in [6.07, 6.45) is 2.65. The van der Waals surface area contributed by atoms with Crippen LogP contribution in [0.2, 0.25) is 0 Å². The number of thiazole rings is 2. The number of aromatic nitrogens is 2. The summed E-state index contributed by atoms with van der Waals surface area (Å²) >= 11 is 3.00. The molecule has 48 heavy (non-hydrogen) atoms. The molecule has 1 fully saturated rings. The van der Waals surface area contributed by atoms with Gasteiger partial charge in [0.15, 0.2) is 0 Å². The third kappa shape index (κ3) is 12.0. The second-order valence-corrected chi connectivity index (χ2v) is 13.9. The van der Waals surface area contributed by atoms with Gasteiger partial charge >= 0.3 is 12.1 Å². The molecule has 0 aliphatic carbocycles. The highest BCUT2D eigenvalue weighted by molar-refractivity contribution is 7.09. The van der Waals surface area contributed by atoms with Gasteiger partial charge in [0.05, 0.1) is 46.9 Å². The van der Waals surface area contributed by atoms with Gasteiger partial charge in [-0.05, 0) is 30.4 Å². The minimum atomic E-state index is -0.723. The number of alkyl carbamates (subject to hydrolysis) is 1. The number of carbonyl (C=O) groups is 3. The maximum Gasteiger partial charge on any atom is 0.407 e. The van der Waals surface area contributed by atoms with Gasteiger partial charge in [-0.1, -0.05) is 50.8 Å². The summed E-state index contributed by atoms with van der Waals surface area (Å²) in [5.41, 5.74) is 4.16. The Balaban J connectivity index is 1.32. The lowest BCUT2D eigenvalue weighted by Crippen LogP contribution is -2.52. The molecule has 0 bridgehead atoms. The molecule has 12 nitrogen and oxygen atoms in total. The number of nitrogens with one attached hydrogen (secondary N) is 3. The number of rotatable bonds is 17. The third-order valence-electron chi connectivity index (χ3n) is 7.92. The van der Waals surface area contributed by atoms with Crippen molar-refractivity contribution in [3.05, 3.63) is 75.1 Å². The fourth-order valence-electron chi connectivity index (χ4n) is 5.10. The zero-order valence-electron chi connectivity index (χ0n) is 28.0. The maximum atomic E-state index is 13.5. The Hall–Kier alpha value is -3.85. The van der Waals surface area contributed by atoms with Crippen LogP contribution in [0.5, 0.6) is 0 Å². The molecule has 2 aromatic heterocycles. The first kappa shape index (κ1) is 37.0. The van der Waals surface area contributed by atoms with Gasteiger partial charge in [-0.15, -0.1) is 22.7 Å². The Bertz CT molecular complexity index is 1440. The highest BCUT2D eigenvalue weighted by atomic mass is 32.1. The van der Waals surface area contributed by atoms with Gasteiger partial charge in [0, 0.05) is 50.7 Å². The topological polar surface area (TPSA) is 138 Å². The lowest BCUT2D eigenvalue weighted by Gasteiger charge is -2.29. The van der Waals surface area contributed by atoms with Crippen molar-refractivity contribution in [1.29, 1.82) is 0 Å². The van der Waals surface area contributed by atoms with Crippen molar-refractivity contribution >= 4 is 46.3 Å². The predicted molar refractivity (Wildman–Crippen MR) is 189 cm³/mol. The standard InChI is InChI=1S/C34H47N7O5S2/c1-24(2)32-37-27(22-47-32)20-40(4)33(43)38-30(12-14-41-15-17-45-18-16-41)31(42)36-13-8-11-29(25(3)26-9-6-5-7-10-26)39-34(44)46-21-28-19-35-23-48-28/h5-7,9-10,19,22-24,29-30H,3,8,11-18,20-21H2,1-2,4H3,(H,36,42)(H,38,43)(H,39,44)/t29-,30+/m1/s1. The first-order valence-electron chi connectivity index (χ1n) is 16.3. The summed E-state index contributed by atoms with van der Waals surface area (Å²) in [5, 5.41) is 11.9. The summed E-state index contributed by atoms with van der Waals surface area (Å²) < 4.78 is 10.9. The van der Waals surface area contributed by atoms with E-state index < -0.39 is 18.2 Å². The van der Waals surface area contributed by atoms with Gasteiger partial charge in [-0.25, -0.2) is 14.6 Å². The SMILES string of the molecule is C=C(c1ccccc1)[C@@H](CCCNC(=O)[C@H](CCN1CCOCC1)NC(=O)N(C)Cc1csc(C(C)C)n1)NC(=O)OCc1cncs1. The van der Waals surface area contributed by atoms with E-state index in [4.69, 9.17) is 9.47 Å². The molecule has 0 spiro atoms. The van der Waals surface area contributed by atoms with Crippen LogP contribution in [0, 0.1) is 0 Å². The number of hydrogen-bond acceptors (Lipinski definition) is 10. The Kier molecular flexibility index (Phi) is 14.8. The number of ether oxygens (including phenoxy) is 2. The lowest BCUT2D eigenvalue weighted by atomic mass is 9.96. The first-order chi connectivity index (χ1) is 23.2. The molecule has 1 aliphatic rings. The van der Waals surface area contributed by atoms with Crippen LogP contribution in [0.3, 0.4) is 0 Å². The first-order valence-corrected chi connectivity index (χ1v) is 18.0. The van der Waals surface area contributed by atoms with Crippen LogP contribution < -0.4 is 16.0 Å². The lowest BCUT2D eigenvalue weighted by molar-refractivity contribution is -0.123. The van der Waals surface area contributed by atoms with E-state index in [0.29, 0.717) is 58.0 Å². The molecule has 0 unspecified atom stereocenters. The number of hydrogen-bond donors (Lipinski definition) is 3. The molecule has 2 atom stereocenters. The number of nitrogens with zero attached hydrogens (tertiary/aromatic N) is 4. The minimum absolute atomic E-state index is 0.132. The minimum Gasteiger partial charge on any atom is -0.444 e. The van der Waals surface area contributed by atoms with Crippen LogP contribution in [0.4, 0.5) is 9.59 Å². The van der Waals surface area contributed by atoms with Crippen molar-refractivity contribution < 1.29 is 23.9 Å². The number of carbonyl (C=O) groups excluding carboxylic acids is 3. The zero-order valence-corrected chi connectivity index (χ0v) is 29.6. The molecule has 1 saturated heterocycles. The molecule has 4 rings (SSSR count). The van der Waals surface area contributed by atoms with E-state index >= 15 is 0 Å². The summed E-state index contributed by atoms with van der Waals surface area (Å²) in [6.45, 7) is 12.8. The molecule has 3 aromatic rings. The van der Waals surface area contributed by atoms with Crippen molar-refractivity contribution in [2.24, 2.45) is 0 Å². The molecule has 4 amide bonds. The fraction of sp³-hybridized carbons (Fsp3) is 0.500. The van der Waals surface area contributed by atoms with Gasteiger partial charge in [-0.3, -0.25) is 14.7 Å². The molecule has 260 valence electrons. The number of amides is 4. The van der Waals surface area contributed by atoms with Crippen LogP contribution in [0.25, 0.3) is 5.57 Å². The zero-order chi connectivity index (χ0) is 34.3. The van der Waals surface area contributed by atoms with Gasteiger partial charge in [0.2, 0.25) is 5.91 Å². The van der Waals surface area contributed by atoms with Crippen molar-refractivity contribution in [3.8, 4) is 0 Å². The fourth-order valence-corrected chi connectivity index (χ4v) is 6.43. The average Bonchev–Trinajstić information content (AvgIpc) is 3.80. The molecule has 3 N–H and O–H groups in total. The van der Waals surface area contributed by atoms with E-state index in [1.54, 1.807) is 35.0 Å². The highest BCUT2D eigenvalue weighted by Crippen LogP contribution is 2.21. The maximum absolute atomic E-state index is 13.5. The van der Waals surface area contributed by atoms with Crippen molar-refractivity contribution in [2.75, 3.05) is 46.4 Å². The third-order valence-corrected chi connectivity index (χ3v) is 9.86. The predicted octanol–water partition coefficient (Wildman–Crippen LogP) is 4.86. The van der Waals surface area contributed by atoms with E-state index in [0.717, 1.165) is 39.8 Å². The molecule has 1 aliphatic heterocycles. The molecular weight excluding hydrogens is 651 g/mol. The van der Waals surface area contributed by atoms with E-state index in [1.807, 2.05) is 35.7 Å².